The maximum absolute atomic E-state index is 13.1. The molecule has 1 unspecified atom stereocenters. The topological polar surface area (TPSA) is 97.2 Å². The van der Waals surface area contributed by atoms with E-state index in [-0.39, 0.29) is 23.5 Å². The van der Waals surface area contributed by atoms with Crippen molar-refractivity contribution in [3.8, 4) is 0 Å². The van der Waals surface area contributed by atoms with Gasteiger partial charge in [0, 0.05) is 25.1 Å². The Balaban J connectivity index is 1.53. The van der Waals surface area contributed by atoms with Gasteiger partial charge in [-0.05, 0) is 49.6 Å². The van der Waals surface area contributed by atoms with Crippen molar-refractivity contribution in [3.05, 3.63) is 45.8 Å². The molecule has 1 fully saturated rings. The molecule has 1 aliphatic heterocycles. The number of sulfonamides is 1. The molecule has 0 bridgehead atoms. The van der Waals surface area contributed by atoms with Crippen molar-refractivity contribution in [1.82, 2.24) is 4.31 Å². The molecular weight excluding hydrogens is 486 g/mol. The van der Waals surface area contributed by atoms with E-state index < -0.39 is 16.0 Å². The normalized spacial score (nSPS) is 18.8. The Kier molecular flexibility index (Phi) is 7.95. The molecule has 1 saturated carbocycles. The van der Waals surface area contributed by atoms with Crippen LogP contribution in [-0.4, -0.2) is 57.9 Å². The van der Waals surface area contributed by atoms with Gasteiger partial charge in [-0.3, -0.25) is 4.79 Å². The molecule has 4 rings (SSSR count). The first kappa shape index (κ1) is 25.8. The van der Waals surface area contributed by atoms with Crippen LogP contribution in [0.4, 0.5) is 5.00 Å². The lowest BCUT2D eigenvalue weighted by molar-refractivity contribution is -0.895. The fourth-order valence-corrected chi connectivity index (χ4v) is 7.65. The molecule has 2 aromatic rings. The number of ether oxygens (including phenoxy) is 1. The Hall–Kier alpha value is -2.27. The van der Waals surface area contributed by atoms with Gasteiger partial charge < -0.3 is 15.0 Å². The second-order valence-corrected chi connectivity index (χ2v) is 12.5. The number of quaternary nitrogens is 1. The van der Waals surface area contributed by atoms with E-state index in [9.17, 15) is 18.0 Å². The lowest BCUT2D eigenvalue weighted by atomic mass is 9.96. The molecule has 2 heterocycles. The van der Waals surface area contributed by atoms with E-state index in [1.165, 1.54) is 44.8 Å². The number of hydrogen-bond donors (Lipinski definition) is 2. The predicted octanol–water partition coefficient (Wildman–Crippen LogP) is 2.70. The van der Waals surface area contributed by atoms with E-state index in [1.807, 2.05) is 0 Å². The van der Waals surface area contributed by atoms with E-state index in [1.54, 1.807) is 14.0 Å². The number of amides is 1. The number of benzene rings is 1. The van der Waals surface area contributed by atoms with Crippen molar-refractivity contribution in [2.75, 3.05) is 32.6 Å². The van der Waals surface area contributed by atoms with Crippen LogP contribution in [0, 0.1) is 0 Å². The summed E-state index contributed by atoms with van der Waals surface area (Å²) < 4.78 is 32.9. The van der Waals surface area contributed by atoms with Gasteiger partial charge in [-0.15, -0.1) is 11.3 Å². The Morgan fingerprint density at radius 2 is 1.86 bits per heavy atom. The highest BCUT2D eigenvalue weighted by Gasteiger charge is 2.31. The summed E-state index contributed by atoms with van der Waals surface area (Å²) in [6, 6.07) is 6.02. The van der Waals surface area contributed by atoms with E-state index in [2.05, 4.69) is 12.4 Å². The van der Waals surface area contributed by atoms with Crippen molar-refractivity contribution in [2.24, 2.45) is 0 Å². The van der Waals surface area contributed by atoms with Gasteiger partial charge in [0.15, 0.2) is 0 Å². The standard InChI is InChI=1S/C25H33N3O5S2/c1-4-33-25(30)22-20-14-15-27(2)16-21(20)34-24(22)26-23(29)17-10-12-19(13-11-17)35(31,32)28(3)18-8-6-5-7-9-18/h10-13,18H,4-9,14-16H2,1-3H3,(H,26,29)/p+1. The van der Waals surface area contributed by atoms with Gasteiger partial charge in [-0.1, -0.05) is 19.3 Å². The van der Waals surface area contributed by atoms with Gasteiger partial charge in [0.2, 0.25) is 10.0 Å². The highest BCUT2D eigenvalue weighted by molar-refractivity contribution is 7.89. The Morgan fingerprint density at radius 3 is 2.51 bits per heavy atom. The second kappa shape index (κ2) is 10.8. The molecule has 8 nitrogen and oxygen atoms in total. The number of carbonyl (C=O) groups excluding carboxylic acids is 2. The first-order chi connectivity index (χ1) is 16.7. The molecule has 190 valence electrons. The van der Waals surface area contributed by atoms with Crippen LogP contribution in [-0.2, 0) is 27.7 Å². The number of fused-ring (bicyclic) bond motifs is 1. The number of rotatable bonds is 7. The summed E-state index contributed by atoms with van der Waals surface area (Å²) in [5, 5.41) is 3.37. The number of hydrogen-bond acceptors (Lipinski definition) is 6. The lowest BCUT2D eigenvalue weighted by Crippen LogP contribution is -3.08. The first-order valence-corrected chi connectivity index (χ1v) is 14.5. The summed E-state index contributed by atoms with van der Waals surface area (Å²) >= 11 is 1.41. The maximum Gasteiger partial charge on any atom is 0.341 e. The van der Waals surface area contributed by atoms with Crippen LogP contribution in [0.5, 0.6) is 0 Å². The summed E-state index contributed by atoms with van der Waals surface area (Å²) in [5.74, 6) is -0.813. The molecule has 0 saturated heterocycles. The molecule has 2 N–H and O–H groups in total. The number of thiophene rings is 1. The zero-order valence-corrected chi connectivity index (χ0v) is 22.2. The number of nitrogens with zero attached hydrogens (tertiary/aromatic N) is 1. The van der Waals surface area contributed by atoms with Gasteiger partial charge >= 0.3 is 5.97 Å². The largest absolute Gasteiger partial charge is 0.462 e. The van der Waals surface area contributed by atoms with Crippen LogP contribution < -0.4 is 10.2 Å². The summed E-state index contributed by atoms with van der Waals surface area (Å²) in [5.41, 5.74) is 1.73. The summed E-state index contributed by atoms with van der Waals surface area (Å²) in [7, 11) is 0.111. The molecular formula is C25H34N3O5S2+. The highest BCUT2D eigenvalue weighted by atomic mass is 32.2. The molecule has 1 atom stereocenters. The Morgan fingerprint density at radius 1 is 1.17 bits per heavy atom. The minimum Gasteiger partial charge on any atom is -0.462 e. The van der Waals surface area contributed by atoms with Crippen molar-refractivity contribution in [3.63, 3.8) is 0 Å². The molecule has 35 heavy (non-hydrogen) atoms. The monoisotopic (exact) mass is 520 g/mol. The van der Waals surface area contributed by atoms with Crippen LogP contribution in [0.25, 0.3) is 0 Å². The number of likely N-dealkylation sites (N-methyl/N-ethyl adjacent to an activating group) is 1. The molecule has 0 radical (unpaired) electrons. The molecule has 1 aromatic heterocycles. The van der Waals surface area contributed by atoms with Gasteiger partial charge in [0.05, 0.1) is 35.5 Å². The lowest BCUT2D eigenvalue weighted by Gasteiger charge is -2.30. The zero-order chi connectivity index (χ0) is 25.2. The molecule has 1 aromatic carbocycles. The highest BCUT2D eigenvalue weighted by Crippen LogP contribution is 2.35. The summed E-state index contributed by atoms with van der Waals surface area (Å²) in [4.78, 5) is 28.4. The summed E-state index contributed by atoms with van der Waals surface area (Å²) in [6.45, 7) is 3.72. The van der Waals surface area contributed by atoms with Crippen molar-refractivity contribution < 1.29 is 27.6 Å². The van der Waals surface area contributed by atoms with E-state index >= 15 is 0 Å². The van der Waals surface area contributed by atoms with Crippen molar-refractivity contribution >= 4 is 38.2 Å². The van der Waals surface area contributed by atoms with E-state index in [0.29, 0.717) is 16.1 Å². The maximum atomic E-state index is 13.1. The van der Waals surface area contributed by atoms with E-state index in [0.717, 1.165) is 62.1 Å². The third-order valence-corrected chi connectivity index (χ3v) is 10.0. The van der Waals surface area contributed by atoms with Crippen molar-refractivity contribution in [2.45, 2.75) is 62.9 Å². The Bertz CT molecular complexity index is 1180. The molecule has 0 spiro atoms. The second-order valence-electron chi connectivity index (χ2n) is 9.35. The zero-order valence-electron chi connectivity index (χ0n) is 20.6. The van der Waals surface area contributed by atoms with Crippen molar-refractivity contribution in [1.29, 1.82) is 0 Å². The minimum absolute atomic E-state index is 0.0174. The molecule has 1 aliphatic carbocycles. The number of nitrogens with one attached hydrogen (secondary N) is 2. The first-order valence-electron chi connectivity index (χ1n) is 12.2. The quantitative estimate of drug-likeness (QED) is 0.547. The molecule has 10 heteroatoms. The third kappa shape index (κ3) is 5.45. The van der Waals surface area contributed by atoms with Gasteiger partial charge in [0.25, 0.3) is 5.91 Å². The predicted molar refractivity (Wildman–Crippen MR) is 136 cm³/mol. The number of carbonyl (C=O) groups is 2. The van der Waals surface area contributed by atoms with Crippen LogP contribution in [0.3, 0.4) is 0 Å². The van der Waals surface area contributed by atoms with Crippen LogP contribution >= 0.6 is 11.3 Å². The smallest absolute Gasteiger partial charge is 0.341 e. The SMILES string of the molecule is CCOC(=O)c1c(NC(=O)c2ccc(S(=O)(=O)N(C)C3CCCCC3)cc2)sc2c1CC[NH+](C)C2. The molecule has 1 amide bonds. The fraction of sp³-hybridized carbons (Fsp3) is 0.520. The van der Waals surface area contributed by atoms with Crippen LogP contribution in [0.2, 0.25) is 0 Å². The van der Waals surface area contributed by atoms with Crippen LogP contribution in [0.1, 0.15) is 70.2 Å². The minimum atomic E-state index is -3.63. The summed E-state index contributed by atoms with van der Waals surface area (Å²) in [6.07, 6.45) is 5.74. The van der Waals surface area contributed by atoms with Gasteiger partial charge in [0.1, 0.15) is 11.5 Å². The third-order valence-electron chi connectivity index (χ3n) is 6.94. The van der Waals surface area contributed by atoms with E-state index in [4.69, 9.17) is 4.74 Å². The fourth-order valence-electron chi connectivity index (χ4n) is 4.89. The number of anilines is 1. The van der Waals surface area contributed by atoms with Crippen LogP contribution in [0.15, 0.2) is 29.2 Å². The molecule has 2 aliphatic rings. The van der Waals surface area contributed by atoms with Gasteiger partial charge in [-0.2, -0.15) is 4.31 Å². The Labute approximate surface area is 211 Å². The number of esters is 1. The van der Waals surface area contributed by atoms with Gasteiger partial charge in [-0.25, -0.2) is 13.2 Å². The average molecular weight is 521 g/mol. The average Bonchev–Trinajstić information content (AvgIpc) is 3.21.